The average Bonchev–Trinajstić information content (AvgIpc) is 3.15. The zero-order valence-electron chi connectivity index (χ0n) is 11.4. The van der Waals surface area contributed by atoms with Crippen molar-refractivity contribution in [2.75, 3.05) is 6.54 Å². The van der Waals surface area contributed by atoms with E-state index in [-0.39, 0.29) is 23.9 Å². The molecule has 2 heterocycles. The minimum absolute atomic E-state index is 0.0300. The number of amides is 2. The summed E-state index contributed by atoms with van der Waals surface area (Å²) in [6, 6.07) is -0.722. The van der Waals surface area contributed by atoms with Crippen molar-refractivity contribution in [1.82, 2.24) is 20.4 Å². The molecule has 2 atom stereocenters. The van der Waals surface area contributed by atoms with Gasteiger partial charge in [-0.2, -0.15) is 4.98 Å². The average molecular weight is 278 g/mol. The van der Waals surface area contributed by atoms with Crippen LogP contribution in [0.2, 0.25) is 0 Å². The summed E-state index contributed by atoms with van der Waals surface area (Å²) in [7, 11) is 0. The number of nitrogens with zero attached hydrogens (tertiary/aromatic N) is 3. The Balaban J connectivity index is 1.72. The molecular formula is C13H18N4O3. The van der Waals surface area contributed by atoms with E-state index in [2.05, 4.69) is 20.0 Å². The van der Waals surface area contributed by atoms with E-state index >= 15 is 0 Å². The summed E-state index contributed by atoms with van der Waals surface area (Å²) < 4.78 is 4.68. The first-order valence-corrected chi connectivity index (χ1v) is 7.06. The van der Waals surface area contributed by atoms with E-state index < -0.39 is 0 Å². The molecule has 1 aromatic heterocycles. The highest BCUT2D eigenvalue weighted by Gasteiger charge is 2.46. The number of hydrogen-bond acceptors (Lipinski definition) is 5. The maximum absolute atomic E-state index is 12.5. The predicted octanol–water partition coefficient (Wildman–Crippen LogP) is 0.128. The Bertz CT molecular complexity index is 498. The maximum atomic E-state index is 12.5. The molecule has 2 amide bonds. The molecule has 1 saturated heterocycles. The molecule has 0 bridgehead atoms. The van der Waals surface area contributed by atoms with Crippen LogP contribution in [-0.2, 0) is 16.0 Å². The van der Waals surface area contributed by atoms with E-state index in [1.807, 2.05) is 6.92 Å². The van der Waals surface area contributed by atoms with Gasteiger partial charge in [0.25, 0.3) is 0 Å². The second-order valence-electron chi connectivity index (χ2n) is 5.38. The third kappa shape index (κ3) is 2.39. The van der Waals surface area contributed by atoms with Gasteiger partial charge in [0.05, 0.1) is 0 Å². The van der Waals surface area contributed by atoms with E-state index in [4.69, 9.17) is 0 Å². The van der Waals surface area contributed by atoms with Crippen molar-refractivity contribution in [3.63, 3.8) is 0 Å². The van der Waals surface area contributed by atoms with Crippen LogP contribution in [0.15, 0.2) is 10.9 Å². The van der Waals surface area contributed by atoms with Crippen LogP contribution in [0.1, 0.15) is 32.0 Å². The number of aromatic nitrogens is 2. The molecule has 7 nitrogen and oxygen atoms in total. The quantitative estimate of drug-likeness (QED) is 0.827. The monoisotopic (exact) mass is 278 g/mol. The molecule has 1 aromatic rings. The molecule has 2 aliphatic rings. The SMILES string of the molecule is CCC1C(=O)NC(C2CC2)C(=O)N1CCc1ncon1. The molecule has 1 aliphatic heterocycles. The van der Waals surface area contributed by atoms with Crippen molar-refractivity contribution in [2.24, 2.45) is 5.92 Å². The van der Waals surface area contributed by atoms with Crippen LogP contribution in [0, 0.1) is 5.92 Å². The number of piperazine rings is 1. The van der Waals surface area contributed by atoms with E-state index in [9.17, 15) is 9.59 Å². The van der Waals surface area contributed by atoms with Gasteiger partial charge in [-0.3, -0.25) is 9.59 Å². The Morgan fingerprint density at radius 1 is 1.45 bits per heavy atom. The van der Waals surface area contributed by atoms with E-state index in [0.717, 1.165) is 12.8 Å². The predicted molar refractivity (Wildman–Crippen MR) is 68.4 cm³/mol. The fourth-order valence-electron chi connectivity index (χ4n) is 2.73. The topological polar surface area (TPSA) is 88.3 Å². The zero-order chi connectivity index (χ0) is 14.1. The third-order valence-corrected chi connectivity index (χ3v) is 3.99. The Hall–Kier alpha value is -1.92. The first kappa shape index (κ1) is 13.1. The highest BCUT2D eigenvalue weighted by molar-refractivity contribution is 5.97. The van der Waals surface area contributed by atoms with Gasteiger partial charge in [0.1, 0.15) is 12.1 Å². The molecule has 0 spiro atoms. The van der Waals surface area contributed by atoms with Gasteiger partial charge >= 0.3 is 0 Å². The fraction of sp³-hybridized carbons (Fsp3) is 0.692. The van der Waals surface area contributed by atoms with Crippen molar-refractivity contribution in [3.05, 3.63) is 12.2 Å². The van der Waals surface area contributed by atoms with Crippen LogP contribution in [0.5, 0.6) is 0 Å². The number of hydrogen-bond donors (Lipinski definition) is 1. The Kier molecular flexibility index (Phi) is 3.42. The molecule has 1 N–H and O–H groups in total. The van der Waals surface area contributed by atoms with Crippen LogP contribution in [0.25, 0.3) is 0 Å². The molecule has 108 valence electrons. The van der Waals surface area contributed by atoms with E-state index in [1.54, 1.807) is 4.90 Å². The Labute approximate surface area is 116 Å². The lowest BCUT2D eigenvalue weighted by molar-refractivity contribution is -0.150. The highest BCUT2D eigenvalue weighted by Crippen LogP contribution is 2.35. The lowest BCUT2D eigenvalue weighted by Gasteiger charge is -2.38. The first-order chi connectivity index (χ1) is 9.70. The fourth-order valence-corrected chi connectivity index (χ4v) is 2.73. The van der Waals surface area contributed by atoms with Crippen molar-refractivity contribution < 1.29 is 14.1 Å². The molecule has 3 rings (SSSR count). The lowest BCUT2D eigenvalue weighted by atomic mass is 10.0. The maximum Gasteiger partial charge on any atom is 0.246 e. The van der Waals surface area contributed by atoms with Crippen LogP contribution < -0.4 is 5.32 Å². The van der Waals surface area contributed by atoms with Gasteiger partial charge in [-0.05, 0) is 25.2 Å². The number of nitrogens with one attached hydrogen (secondary N) is 1. The smallest absolute Gasteiger partial charge is 0.246 e. The van der Waals surface area contributed by atoms with Crippen LogP contribution >= 0.6 is 0 Å². The van der Waals surface area contributed by atoms with Gasteiger partial charge in [0.15, 0.2) is 5.82 Å². The summed E-state index contributed by atoms with van der Waals surface area (Å²) >= 11 is 0. The minimum Gasteiger partial charge on any atom is -0.343 e. The normalized spacial score (nSPS) is 26.8. The van der Waals surface area contributed by atoms with Crippen LogP contribution in [0.4, 0.5) is 0 Å². The summed E-state index contributed by atoms with van der Waals surface area (Å²) in [5.41, 5.74) is 0. The van der Waals surface area contributed by atoms with Crippen LogP contribution in [0.3, 0.4) is 0 Å². The number of carbonyl (C=O) groups is 2. The van der Waals surface area contributed by atoms with Crippen LogP contribution in [-0.4, -0.2) is 45.5 Å². The van der Waals surface area contributed by atoms with E-state index in [1.165, 1.54) is 6.39 Å². The summed E-state index contributed by atoms with van der Waals surface area (Å²) in [6.45, 7) is 2.36. The Morgan fingerprint density at radius 2 is 2.25 bits per heavy atom. The molecule has 7 heteroatoms. The summed E-state index contributed by atoms with van der Waals surface area (Å²) in [6.07, 6.45) is 4.42. The molecule has 2 fully saturated rings. The van der Waals surface area contributed by atoms with Crippen molar-refractivity contribution in [2.45, 2.75) is 44.7 Å². The van der Waals surface area contributed by atoms with Crippen molar-refractivity contribution in [3.8, 4) is 0 Å². The molecule has 20 heavy (non-hydrogen) atoms. The highest BCUT2D eigenvalue weighted by atomic mass is 16.5. The van der Waals surface area contributed by atoms with Gasteiger partial charge in [0.2, 0.25) is 18.2 Å². The molecule has 0 radical (unpaired) electrons. The minimum atomic E-state index is -0.385. The molecule has 1 saturated carbocycles. The lowest BCUT2D eigenvalue weighted by Crippen LogP contribution is -2.64. The van der Waals surface area contributed by atoms with Gasteiger partial charge in [-0.15, -0.1) is 0 Å². The van der Waals surface area contributed by atoms with Gasteiger partial charge in [0, 0.05) is 13.0 Å². The van der Waals surface area contributed by atoms with Gasteiger partial charge in [-0.25, -0.2) is 0 Å². The van der Waals surface area contributed by atoms with Gasteiger partial charge < -0.3 is 14.7 Å². The second-order valence-corrected chi connectivity index (χ2v) is 5.38. The van der Waals surface area contributed by atoms with Crippen molar-refractivity contribution in [1.29, 1.82) is 0 Å². The molecular weight excluding hydrogens is 260 g/mol. The second kappa shape index (κ2) is 5.22. The molecule has 2 unspecified atom stereocenters. The Morgan fingerprint density at radius 3 is 2.85 bits per heavy atom. The summed E-state index contributed by atoms with van der Waals surface area (Å²) in [5.74, 6) is 0.859. The molecule has 1 aliphatic carbocycles. The first-order valence-electron chi connectivity index (χ1n) is 7.06. The summed E-state index contributed by atoms with van der Waals surface area (Å²) in [4.78, 5) is 30.3. The van der Waals surface area contributed by atoms with Gasteiger partial charge in [-0.1, -0.05) is 12.1 Å². The number of carbonyl (C=O) groups excluding carboxylic acids is 2. The largest absolute Gasteiger partial charge is 0.343 e. The number of rotatable bonds is 5. The summed E-state index contributed by atoms with van der Waals surface area (Å²) in [5, 5.41) is 6.61. The van der Waals surface area contributed by atoms with E-state index in [0.29, 0.717) is 31.1 Å². The standard InChI is InChI=1S/C13H18N4O3/c1-2-9-12(18)15-11(8-3-4-8)13(19)17(9)6-5-10-14-7-20-16-10/h7-9,11H,2-6H2,1H3,(H,15,18). The third-order valence-electron chi connectivity index (χ3n) is 3.99. The molecule has 0 aromatic carbocycles. The zero-order valence-corrected chi connectivity index (χ0v) is 11.4. The van der Waals surface area contributed by atoms with Crippen molar-refractivity contribution >= 4 is 11.8 Å².